The summed E-state index contributed by atoms with van der Waals surface area (Å²) >= 11 is 0. The Kier molecular flexibility index (Phi) is 4.04. The molecule has 5 heteroatoms. The average Bonchev–Trinajstić information content (AvgIpc) is 2.77. The lowest BCUT2D eigenvalue weighted by Gasteiger charge is -2.25. The van der Waals surface area contributed by atoms with Crippen molar-refractivity contribution in [1.82, 2.24) is 10.3 Å². The smallest absolute Gasteiger partial charge is 0.250 e. The lowest BCUT2D eigenvalue weighted by Crippen LogP contribution is -2.29. The fourth-order valence-corrected chi connectivity index (χ4v) is 4.45. The molecule has 0 radical (unpaired) electrons. The molecule has 2 aliphatic rings. The average molecular weight is 329 g/mol. The Labute approximate surface area is 141 Å². The molecule has 4 nitrogen and oxygen atoms in total. The van der Waals surface area contributed by atoms with Crippen LogP contribution in [0.3, 0.4) is 0 Å². The number of halogens is 1. The third kappa shape index (κ3) is 2.51. The number of hydrogen-bond acceptors (Lipinski definition) is 2. The summed E-state index contributed by atoms with van der Waals surface area (Å²) in [5.41, 5.74) is 9.71. The van der Waals surface area contributed by atoms with E-state index in [9.17, 15) is 4.79 Å². The molecule has 1 aliphatic heterocycles. The molecule has 4 rings (SSSR count). The molecular formula is C19H24FN3O. The molecule has 1 aromatic heterocycles. The Morgan fingerprint density at radius 2 is 2.04 bits per heavy atom. The minimum Gasteiger partial charge on any atom is -0.366 e. The Hall–Kier alpha value is -1.88. The highest BCUT2D eigenvalue weighted by molar-refractivity contribution is 6.07. The molecule has 1 fully saturated rings. The first-order chi connectivity index (χ1) is 11.7. The first-order valence-corrected chi connectivity index (χ1v) is 9.03. The number of hydrogen-bond donors (Lipinski definition) is 3. The van der Waals surface area contributed by atoms with Gasteiger partial charge in [-0.15, -0.1) is 0 Å². The molecule has 1 amide bonds. The Morgan fingerprint density at radius 1 is 1.21 bits per heavy atom. The van der Waals surface area contributed by atoms with Crippen LogP contribution < -0.4 is 11.1 Å². The highest BCUT2D eigenvalue weighted by Crippen LogP contribution is 2.39. The van der Waals surface area contributed by atoms with Gasteiger partial charge in [0.15, 0.2) is 0 Å². The van der Waals surface area contributed by atoms with Gasteiger partial charge in [-0.2, -0.15) is 0 Å². The van der Waals surface area contributed by atoms with E-state index in [1.54, 1.807) is 0 Å². The molecule has 1 aromatic carbocycles. The zero-order valence-electron chi connectivity index (χ0n) is 13.9. The second-order valence-electron chi connectivity index (χ2n) is 7.12. The van der Waals surface area contributed by atoms with Crippen LogP contribution in [0, 0.1) is 5.82 Å². The maximum atomic E-state index is 15.0. The molecule has 24 heavy (non-hydrogen) atoms. The van der Waals surface area contributed by atoms with Crippen LogP contribution in [0.25, 0.3) is 10.9 Å². The van der Waals surface area contributed by atoms with Gasteiger partial charge in [0.2, 0.25) is 0 Å². The minimum atomic E-state index is -0.566. The molecule has 1 unspecified atom stereocenters. The fraction of sp³-hybridized carbons (Fsp3) is 0.526. The van der Waals surface area contributed by atoms with Crippen LogP contribution in [0.1, 0.15) is 65.2 Å². The number of H-pyrrole nitrogens is 1. The molecule has 0 bridgehead atoms. The van der Waals surface area contributed by atoms with Crippen molar-refractivity contribution in [3.63, 3.8) is 0 Å². The summed E-state index contributed by atoms with van der Waals surface area (Å²) in [6.45, 7) is 1.79. The second kappa shape index (κ2) is 6.20. The SMILES string of the molecule is NC(=O)c1cc(F)c(C2CCCNC2)c2c3c([nH]c12)CCCCC3. The van der Waals surface area contributed by atoms with Gasteiger partial charge in [0.25, 0.3) is 5.91 Å². The van der Waals surface area contributed by atoms with Gasteiger partial charge in [0.05, 0.1) is 11.1 Å². The molecule has 128 valence electrons. The third-order valence-electron chi connectivity index (χ3n) is 5.58. The van der Waals surface area contributed by atoms with Crippen LogP contribution in [0.5, 0.6) is 0 Å². The van der Waals surface area contributed by atoms with Crippen molar-refractivity contribution in [3.05, 3.63) is 34.3 Å². The Morgan fingerprint density at radius 3 is 2.79 bits per heavy atom. The molecule has 4 N–H and O–H groups in total. The van der Waals surface area contributed by atoms with E-state index in [2.05, 4.69) is 10.3 Å². The summed E-state index contributed by atoms with van der Waals surface area (Å²) in [6, 6.07) is 1.34. The number of carbonyl (C=O) groups is 1. The van der Waals surface area contributed by atoms with Crippen LogP contribution in [0.2, 0.25) is 0 Å². The summed E-state index contributed by atoms with van der Waals surface area (Å²) in [5.74, 6) is -0.689. The van der Waals surface area contributed by atoms with Crippen LogP contribution in [0.4, 0.5) is 4.39 Å². The number of aromatic amines is 1. The normalized spacial score (nSPS) is 21.5. The number of aromatic nitrogens is 1. The second-order valence-corrected chi connectivity index (χ2v) is 7.12. The van der Waals surface area contributed by atoms with Crippen molar-refractivity contribution in [2.75, 3.05) is 13.1 Å². The monoisotopic (exact) mass is 329 g/mol. The lowest BCUT2D eigenvalue weighted by atomic mass is 9.86. The largest absolute Gasteiger partial charge is 0.366 e. The van der Waals surface area contributed by atoms with E-state index in [0.29, 0.717) is 0 Å². The van der Waals surface area contributed by atoms with Crippen molar-refractivity contribution in [2.24, 2.45) is 5.73 Å². The minimum absolute atomic E-state index is 0.159. The molecule has 0 spiro atoms. The molecule has 1 atom stereocenters. The zero-order chi connectivity index (χ0) is 16.7. The van der Waals surface area contributed by atoms with Gasteiger partial charge in [-0.05, 0) is 62.6 Å². The van der Waals surface area contributed by atoms with Gasteiger partial charge >= 0.3 is 0 Å². The van der Waals surface area contributed by atoms with E-state index in [1.165, 1.54) is 23.7 Å². The summed E-state index contributed by atoms with van der Waals surface area (Å²) in [7, 11) is 0. The number of nitrogens with one attached hydrogen (secondary N) is 2. The maximum Gasteiger partial charge on any atom is 0.250 e. The van der Waals surface area contributed by atoms with Crippen molar-refractivity contribution in [1.29, 1.82) is 0 Å². The topological polar surface area (TPSA) is 70.9 Å². The fourth-order valence-electron chi connectivity index (χ4n) is 4.45. The molecule has 1 aliphatic carbocycles. The number of aryl methyl sites for hydroxylation is 2. The maximum absolute atomic E-state index is 15.0. The first kappa shape index (κ1) is 15.6. The van der Waals surface area contributed by atoms with E-state index in [-0.39, 0.29) is 17.3 Å². The number of nitrogens with two attached hydrogens (primary N) is 1. The van der Waals surface area contributed by atoms with Gasteiger partial charge in [-0.1, -0.05) is 6.42 Å². The number of rotatable bonds is 2. The molecule has 2 heterocycles. The summed E-state index contributed by atoms with van der Waals surface area (Å²) in [4.78, 5) is 15.3. The number of carbonyl (C=O) groups excluding carboxylic acids is 1. The van der Waals surface area contributed by atoms with Crippen LogP contribution >= 0.6 is 0 Å². The van der Waals surface area contributed by atoms with E-state index >= 15 is 4.39 Å². The van der Waals surface area contributed by atoms with E-state index in [1.807, 2.05) is 0 Å². The molecular weight excluding hydrogens is 305 g/mol. The number of amides is 1. The predicted molar refractivity (Wildman–Crippen MR) is 92.9 cm³/mol. The first-order valence-electron chi connectivity index (χ1n) is 9.03. The third-order valence-corrected chi connectivity index (χ3v) is 5.58. The van der Waals surface area contributed by atoms with Gasteiger partial charge in [0.1, 0.15) is 5.82 Å². The highest BCUT2D eigenvalue weighted by Gasteiger charge is 2.28. The van der Waals surface area contributed by atoms with Gasteiger partial charge in [0, 0.05) is 23.2 Å². The zero-order valence-corrected chi connectivity index (χ0v) is 13.9. The number of benzene rings is 1. The number of primary amides is 1. The van der Waals surface area contributed by atoms with Crippen molar-refractivity contribution < 1.29 is 9.18 Å². The van der Waals surface area contributed by atoms with Crippen LogP contribution in [-0.4, -0.2) is 24.0 Å². The van der Waals surface area contributed by atoms with E-state index in [0.717, 1.165) is 68.1 Å². The van der Waals surface area contributed by atoms with E-state index < -0.39 is 5.91 Å². The summed E-state index contributed by atoms with van der Waals surface area (Å²) in [5, 5.41) is 4.32. The van der Waals surface area contributed by atoms with Gasteiger partial charge in [-0.3, -0.25) is 4.79 Å². The summed E-state index contributed by atoms with van der Waals surface area (Å²) in [6.07, 6.45) is 7.39. The van der Waals surface area contributed by atoms with Gasteiger partial charge in [-0.25, -0.2) is 4.39 Å². The predicted octanol–water partition coefficient (Wildman–Crippen LogP) is 3.14. The molecule has 0 saturated carbocycles. The quantitative estimate of drug-likeness (QED) is 0.741. The Balaban J connectivity index is 1.99. The van der Waals surface area contributed by atoms with Crippen molar-refractivity contribution in [2.45, 2.75) is 50.9 Å². The molecule has 2 aromatic rings. The Bertz CT molecular complexity index is 790. The standard InChI is InChI=1S/C19H24FN3O/c20-14-9-13(19(21)24)18-17(16(14)11-5-4-8-22-10-11)12-6-2-1-3-7-15(12)23-18/h9,11,22-23H,1-8,10H2,(H2,21,24). The van der Waals surface area contributed by atoms with Crippen LogP contribution in [-0.2, 0) is 12.8 Å². The van der Waals surface area contributed by atoms with Crippen molar-refractivity contribution >= 4 is 16.8 Å². The van der Waals surface area contributed by atoms with Crippen molar-refractivity contribution in [3.8, 4) is 0 Å². The molecule has 1 saturated heterocycles. The van der Waals surface area contributed by atoms with Gasteiger partial charge < -0.3 is 16.0 Å². The highest BCUT2D eigenvalue weighted by atomic mass is 19.1. The number of fused-ring (bicyclic) bond motifs is 3. The number of piperidine rings is 1. The van der Waals surface area contributed by atoms with Crippen LogP contribution in [0.15, 0.2) is 6.07 Å². The summed E-state index contributed by atoms with van der Waals surface area (Å²) < 4.78 is 15.0. The lowest BCUT2D eigenvalue weighted by molar-refractivity contribution is 0.100. The van der Waals surface area contributed by atoms with E-state index in [4.69, 9.17) is 5.73 Å².